The number of hydrogen-bond donors (Lipinski definition) is 2. The number of hydrogen-bond acceptors (Lipinski definition) is 4. The number of carbonyl (C=O) groups is 3. The zero-order valence-corrected chi connectivity index (χ0v) is 26.6. The SMILES string of the molecule is Cc1ccc2c(c1)CN(c1cccc(-c3ccc(C(N)=O)c4[nH]c5c(c34)CCC(C(=O)N(C)C3CCN(C)CC3)C5)c1C)C2=O. The molecule has 0 saturated carbocycles. The van der Waals surface area contributed by atoms with Crippen LogP contribution in [0.4, 0.5) is 5.69 Å². The summed E-state index contributed by atoms with van der Waals surface area (Å²) >= 11 is 0. The van der Waals surface area contributed by atoms with Crippen LogP contribution in [0.1, 0.15) is 67.9 Å². The smallest absolute Gasteiger partial charge is 0.258 e. The number of aryl methyl sites for hydroxylation is 2. The number of H-pyrrole nitrogens is 1. The molecule has 1 aliphatic carbocycles. The molecular weight excluding hydrogens is 562 g/mol. The number of amides is 3. The standard InChI is InChI=1S/C37H41N5O3/c1-21-8-10-27-24(18-21)20-42(37(27)45)32-7-5-6-26(22(32)2)28-12-13-30(35(38)43)34-33(28)29-11-9-23(19-31(29)39-34)36(44)41(4)25-14-16-40(3)17-15-25/h5-8,10,12-13,18,23,25,39H,9,11,14-17,19-20H2,1-4H3,(H2,38,43). The van der Waals surface area contributed by atoms with Gasteiger partial charge in [-0.05, 0) is 112 Å². The minimum atomic E-state index is -0.485. The van der Waals surface area contributed by atoms with Gasteiger partial charge in [-0.3, -0.25) is 14.4 Å². The lowest BCUT2D eigenvalue weighted by Crippen LogP contribution is -2.47. The lowest BCUT2D eigenvalue weighted by molar-refractivity contribution is -0.137. The first-order chi connectivity index (χ1) is 21.6. The van der Waals surface area contributed by atoms with Crippen molar-refractivity contribution >= 4 is 34.3 Å². The molecule has 3 aromatic carbocycles. The summed E-state index contributed by atoms with van der Waals surface area (Å²) < 4.78 is 0. The van der Waals surface area contributed by atoms with Gasteiger partial charge in [-0.25, -0.2) is 0 Å². The number of piperidine rings is 1. The molecule has 1 aromatic heterocycles. The first-order valence-electron chi connectivity index (χ1n) is 16.0. The highest BCUT2D eigenvalue weighted by molar-refractivity contribution is 6.13. The Morgan fingerprint density at radius 3 is 2.49 bits per heavy atom. The van der Waals surface area contributed by atoms with E-state index < -0.39 is 5.91 Å². The third kappa shape index (κ3) is 4.92. The van der Waals surface area contributed by atoms with E-state index in [0.29, 0.717) is 18.5 Å². The van der Waals surface area contributed by atoms with Crippen molar-refractivity contribution in [3.8, 4) is 11.1 Å². The molecule has 0 radical (unpaired) electrons. The molecule has 1 atom stereocenters. The van der Waals surface area contributed by atoms with Crippen molar-refractivity contribution in [2.45, 2.75) is 58.5 Å². The highest BCUT2D eigenvalue weighted by Crippen LogP contribution is 2.42. The van der Waals surface area contributed by atoms with Gasteiger partial charge in [0.15, 0.2) is 0 Å². The Labute approximate surface area is 264 Å². The molecule has 8 heteroatoms. The molecule has 0 spiro atoms. The van der Waals surface area contributed by atoms with Crippen molar-refractivity contribution in [3.63, 3.8) is 0 Å². The quantitative estimate of drug-likeness (QED) is 0.320. The second-order valence-electron chi connectivity index (χ2n) is 13.3. The number of likely N-dealkylation sites (tertiary alicyclic amines) is 1. The summed E-state index contributed by atoms with van der Waals surface area (Å²) in [6.07, 6.45) is 4.11. The summed E-state index contributed by atoms with van der Waals surface area (Å²) in [5.41, 5.74) is 16.0. The number of carbonyl (C=O) groups excluding carboxylic acids is 3. The normalized spacial score (nSPS) is 18.7. The number of aromatic nitrogens is 1. The third-order valence-corrected chi connectivity index (χ3v) is 10.5. The second kappa shape index (κ2) is 11.2. The molecule has 45 heavy (non-hydrogen) atoms. The topological polar surface area (TPSA) is 103 Å². The highest BCUT2D eigenvalue weighted by atomic mass is 16.2. The van der Waals surface area contributed by atoms with Crippen LogP contribution in [0.5, 0.6) is 0 Å². The average molecular weight is 604 g/mol. The van der Waals surface area contributed by atoms with E-state index in [0.717, 1.165) is 100 Å². The Bertz CT molecular complexity index is 1870. The number of anilines is 1. The van der Waals surface area contributed by atoms with Crippen LogP contribution in [0.2, 0.25) is 0 Å². The third-order valence-electron chi connectivity index (χ3n) is 10.5. The average Bonchev–Trinajstić information content (AvgIpc) is 3.57. The molecule has 1 saturated heterocycles. The van der Waals surface area contributed by atoms with Crippen molar-refractivity contribution < 1.29 is 14.4 Å². The Morgan fingerprint density at radius 1 is 0.978 bits per heavy atom. The van der Waals surface area contributed by atoms with Gasteiger partial charge in [0, 0.05) is 41.3 Å². The van der Waals surface area contributed by atoms with Crippen LogP contribution in [0.3, 0.4) is 0 Å². The molecule has 232 valence electrons. The fraction of sp³-hybridized carbons (Fsp3) is 0.378. The second-order valence-corrected chi connectivity index (χ2v) is 13.3. The lowest BCUT2D eigenvalue weighted by Gasteiger charge is -2.37. The molecular formula is C37H41N5O3. The van der Waals surface area contributed by atoms with Gasteiger partial charge in [0.05, 0.1) is 17.6 Å². The minimum Gasteiger partial charge on any atom is -0.366 e. The number of rotatable bonds is 5. The molecule has 3 amide bonds. The van der Waals surface area contributed by atoms with E-state index in [2.05, 4.69) is 36.0 Å². The van der Waals surface area contributed by atoms with Crippen LogP contribution in [0.15, 0.2) is 48.5 Å². The minimum absolute atomic E-state index is 0.0134. The van der Waals surface area contributed by atoms with Crippen LogP contribution >= 0.6 is 0 Å². The molecule has 3 N–H and O–H groups in total. The van der Waals surface area contributed by atoms with Crippen LogP contribution < -0.4 is 10.6 Å². The monoisotopic (exact) mass is 603 g/mol. The van der Waals surface area contributed by atoms with Gasteiger partial charge in [-0.15, -0.1) is 0 Å². The molecule has 2 aliphatic heterocycles. The number of fused-ring (bicyclic) bond motifs is 4. The largest absolute Gasteiger partial charge is 0.366 e. The van der Waals surface area contributed by atoms with E-state index in [9.17, 15) is 14.4 Å². The molecule has 4 aromatic rings. The van der Waals surface area contributed by atoms with E-state index >= 15 is 0 Å². The summed E-state index contributed by atoms with van der Waals surface area (Å²) in [4.78, 5) is 49.5. The van der Waals surface area contributed by atoms with E-state index in [4.69, 9.17) is 5.73 Å². The molecule has 1 unspecified atom stereocenters. The predicted molar refractivity (Wildman–Crippen MR) is 177 cm³/mol. The van der Waals surface area contributed by atoms with Crippen molar-refractivity contribution in [1.82, 2.24) is 14.8 Å². The Hall–Kier alpha value is -4.43. The fourth-order valence-electron chi connectivity index (χ4n) is 7.88. The van der Waals surface area contributed by atoms with Crippen molar-refractivity contribution in [2.24, 2.45) is 11.7 Å². The fourth-order valence-corrected chi connectivity index (χ4v) is 7.88. The van der Waals surface area contributed by atoms with Gasteiger partial charge in [0.2, 0.25) is 5.91 Å². The molecule has 8 nitrogen and oxygen atoms in total. The number of benzene rings is 3. The van der Waals surface area contributed by atoms with Crippen molar-refractivity contribution in [3.05, 3.63) is 87.6 Å². The molecule has 3 aliphatic rings. The van der Waals surface area contributed by atoms with Gasteiger partial charge in [0.1, 0.15) is 0 Å². The first-order valence-corrected chi connectivity index (χ1v) is 16.0. The van der Waals surface area contributed by atoms with Crippen LogP contribution in [0.25, 0.3) is 22.0 Å². The molecule has 7 rings (SSSR count). The van der Waals surface area contributed by atoms with Gasteiger partial charge >= 0.3 is 0 Å². The maximum atomic E-state index is 13.7. The number of aromatic amines is 1. The summed E-state index contributed by atoms with van der Waals surface area (Å²) in [5.74, 6) is -0.369. The van der Waals surface area contributed by atoms with Gasteiger partial charge in [0.25, 0.3) is 11.8 Å². The van der Waals surface area contributed by atoms with Crippen LogP contribution in [0, 0.1) is 19.8 Å². The molecule has 1 fully saturated rings. The van der Waals surface area contributed by atoms with Crippen LogP contribution in [-0.2, 0) is 24.2 Å². The van der Waals surface area contributed by atoms with Crippen molar-refractivity contribution in [1.29, 1.82) is 0 Å². The number of nitrogens with two attached hydrogens (primary N) is 1. The van der Waals surface area contributed by atoms with E-state index in [1.165, 1.54) is 0 Å². The first kappa shape index (κ1) is 29.3. The molecule has 3 heterocycles. The van der Waals surface area contributed by atoms with Gasteiger partial charge < -0.3 is 25.4 Å². The van der Waals surface area contributed by atoms with E-state index in [-0.39, 0.29) is 23.8 Å². The predicted octanol–water partition coefficient (Wildman–Crippen LogP) is 5.37. The van der Waals surface area contributed by atoms with E-state index in [1.54, 1.807) is 6.07 Å². The molecule has 0 bridgehead atoms. The summed E-state index contributed by atoms with van der Waals surface area (Å²) in [7, 11) is 4.09. The Balaban J connectivity index is 1.25. The summed E-state index contributed by atoms with van der Waals surface area (Å²) in [6, 6.07) is 16.2. The zero-order chi connectivity index (χ0) is 31.6. The maximum Gasteiger partial charge on any atom is 0.258 e. The Morgan fingerprint density at radius 2 is 1.73 bits per heavy atom. The summed E-state index contributed by atoms with van der Waals surface area (Å²) in [5, 5.41) is 0.989. The number of nitrogens with zero attached hydrogens (tertiary/aromatic N) is 3. The maximum absolute atomic E-state index is 13.7. The van der Waals surface area contributed by atoms with Gasteiger partial charge in [-0.2, -0.15) is 0 Å². The number of primary amides is 1. The van der Waals surface area contributed by atoms with E-state index in [1.807, 2.05) is 54.1 Å². The Kier molecular flexibility index (Phi) is 7.28. The number of nitrogens with one attached hydrogen (secondary N) is 1. The highest BCUT2D eigenvalue weighted by Gasteiger charge is 2.34. The zero-order valence-electron chi connectivity index (χ0n) is 26.6. The van der Waals surface area contributed by atoms with Crippen LogP contribution in [-0.4, -0.2) is 65.7 Å². The van der Waals surface area contributed by atoms with Gasteiger partial charge in [-0.1, -0.05) is 35.9 Å². The summed E-state index contributed by atoms with van der Waals surface area (Å²) in [6.45, 7) is 6.67. The van der Waals surface area contributed by atoms with Crippen molar-refractivity contribution in [2.75, 3.05) is 32.1 Å². The lowest BCUT2D eigenvalue weighted by atomic mass is 9.83.